The van der Waals surface area contributed by atoms with Gasteiger partial charge in [-0.05, 0) is 51.7 Å². The smallest absolute Gasteiger partial charge is 0.303 e. The van der Waals surface area contributed by atoms with Crippen LogP contribution in [0.3, 0.4) is 0 Å². The Hall–Kier alpha value is -0.570. The summed E-state index contributed by atoms with van der Waals surface area (Å²) in [6, 6.07) is 0. The molecule has 90 valence electrons. The predicted octanol–water partition coefficient (Wildman–Crippen LogP) is 2.61. The minimum Gasteiger partial charge on any atom is -0.481 e. The Morgan fingerprint density at radius 2 is 1.87 bits per heavy atom. The minimum atomic E-state index is -0.659. The Morgan fingerprint density at radius 3 is 2.33 bits per heavy atom. The molecule has 1 aliphatic rings. The van der Waals surface area contributed by atoms with Crippen LogP contribution in [-0.2, 0) is 4.79 Å². The van der Waals surface area contributed by atoms with E-state index in [2.05, 4.69) is 11.9 Å². The molecule has 0 aromatic carbocycles. The van der Waals surface area contributed by atoms with Crippen molar-refractivity contribution < 1.29 is 9.90 Å². The highest BCUT2D eigenvalue weighted by Crippen LogP contribution is 2.21. The van der Waals surface area contributed by atoms with Gasteiger partial charge in [0, 0.05) is 6.42 Å². The molecule has 3 nitrogen and oxygen atoms in total. The maximum absolute atomic E-state index is 10.3. The molecule has 1 fully saturated rings. The van der Waals surface area contributed by atoms with Crippen LogP contribution in [0.15, 0.2) is 0 Å². The molecule has 0 radical (unpaired) electrons. The standard InChI is InChI=1S/C10H19NO2.C2H6/c1-11-7-5-9(6-8-11)3-2-4-10(12)13;1-2/h9H,2-8H2,1H3,(H,12,13);1-2H3. The summed E-state index contributed by atoms with van der Waals surface area (Å²) in [6.07, 6.45) is 4.78. The van der Waals surface area contributed by atoms with E-state index in [4.69, 9.17) is 5.11 Å². The largest absolute Gasteiger partial charge is 0.481 e. The lowest BCUT2D eigenvalue weighted by Gasteiger charge is -2.28. The first-order valence-electron chi connectivity index (χ1n) is 6.09. The highest BCUT2D eigenvalue weighted by atomic mass is 16.4. The molecule has 0 bridgehead atoms. The molecular weight excluding hydrogens is 190 g/mol. The summed E-state index contributed by atoms with van der Waals surface area (Å²) >= 11 is 0. The zero-order valence-corrected chi connectivity index (χ0v) is 10.3. The zero-order chi connectivity index (χ0) is 11.7. The summed E-state index contributed by atoms with van der Waals surface area (Å²) < 4.78 is 0. The number of aliphatic carboxylic acids is 1. The SMILES string of the molecule is CC.CN1CCC(CCCC(=O)O)CC1. The van der Waals surface area contributed by atoms with Gasteiger partial charge in [-0.2, -0.15) is 0 Å². The monoisotopic (exact) mass is 215 g/mol. The molecule has 0 unspecified atom stereocenters. The van der Waals surface area contributed by atoms with Crippen molar-refractivity contribution in [1.82, 2.24) is 4.90 Å². The van der Waals surface area contributed by atoms with Gasteiger partial charge in [0.25, 0.3) is 0 Å². The second kappa shape index (κ2) is 8.72. The predicted molar refractivity (Wildman–Crippen MR) is 63.1 cm³/mol. The second-order valence-corrected chi connectivity index (χ2v) is 4.03. The van der Waals surface area contributed by atoms with Crippen molar-refractivity contribution in [3.05, 3.63) is 0 Å². The average molecular weight is 215 g/mol. The fraction of sp³-hybridized carbons (Fsp3) is 0.917. The normalized spacial score (nSPS) is 18.1. The van der Waals surface area contributed by atoms with Crippen molar-refractivity contribution >= 4 is 5.97 Å². The third-order valence-electron chi connectivity index (χ3n) is 2.84. The zero-order valence-electron chi connectivity index (χ0n) is 10.3. The molecule has 1 N–H and O–H groups in total. The molecule has 0 aromatic heterocycles. The fourth-order valence-electron chi connectivity index (χ4n) is 1.89. The number of hydrogen-bond acceptors (Lipinski definition) is 2. The Labute approximate surface area is 93.5 Å². The first-order chi connectivity index (χ1) is 7.18. The maximum atomic E-state index is 10.3. The first-order valence-corrected chi connectivity index (χ1v) is 6.09. The average Bonchev–Trinajstić information content (AvgIpc) is 2.23. The lowest BCUT2D eigenvalue weighted by molar-refractivity contribution is -0.137. The molecule has 0 aromatic rings. The highest BCUT2D eigenvalue weighted by molar-refractivity contribution is 5.66. The van der Waals surface area contributed by atoms with Crippen LogP contribution in [0.1, 0.15) is 46.0 Å². The van der Waals surface area contributed by atoms with Crippen LogP contribution in [0.25, 0.3) is 0 Å². The van der Waals surface area contributed by atoms with Crippen molar-refractivity contribution in [3.63, 3.8) is 0 Å². The van der Waals surface area contributed by atoms with E-state index in [1.807, 2.05) is 13.8 Å². The molecule has 1 saturated heterocycles. The Bertz CT molecular complexity index is 163. The van der Waals surface area contributed by atoms with Gasteiger partial charge in [-0.15, -0.1) is 0 Å². The lowest BCUT2D eigenvalue weighted by atomic mass is 9.92. The van der Waals surface area contributed by atoms with Crippen LogP contribution < -0.4 is 0 Å². The van der Waals surface area contributed by atoms with Crippen LogP contribution in [-0.4, -0.2) is 36.1 Å². The number of hydrogen-bond donors (Lipinski definition) is 1. The third kappa shape index (κ3) is 7.37. The first kappa shape index (κ1) is 14.4. The number of likely N-dealkylation sites (tertiary alicyclic amines) is 1. The highest BCUT2D eigenvalue weighted by Gasteiger charge is 2.16. The van der Waals surface area contributed by atoms with E-state index in [-0.39, 0.29) is 0 Å². The Balaban J connectivity index is 0.000000921. The van der Waals surface area contributed by atoms with Gasteiger partial charge in [0.2, 0.25) is 0 Å². The molecule has 1 rings (SSSR count). The van der Waals surface area contributed by atoms with Gasteiger partial charge in [0.05, 0.1) is 0 Å². The molecule has 0 atom stereocenters. The van der Waals surface area contributed by atoms with Gasteiger partial charge >= 0.3 is 5.97 Å². The van der Waals surface area contributed by atoms with Crippen LogP contribution in [0.2, 0.25) is 0 Å². The molecule has 1 aliphatic heterocycles. The number of carboxylic acids is 1. The number of carboxylic acid groups (broad SMARTS) is 1. The maximum Gasteiger partial charge on any atom is 0.303 e. The molecule has 0 amide bonds. The van der Waals surface area contributed by atoms with Crippen LogP contribution >= 0.6 is 0 Å². The quantitative estimate of drug-likeness (QED) is 0.783. The molecule has 15 heavy (non-hydrogen) atoms. The summed E-state index contributed by atoms with van der Waals surface area (Å²) in [7, 11) is 2.15. The van der Waals surface area contributed by atoms with Crippen LogP contribution in [0, 0.1) is 5.92 Å². The summed E-state index contributed by atoms with van der Waals surface area (Å²) in [6.45, 7) is 6.36. The second-order valence-electron chi connectivity index (χ2n) is 4.03. The van der Waals surface area contributed by atoms with E-state index in [1.54, 1.807) is 0 Å². The molecular formula is C12H25NO2. The summed E-state index contributed by atoms with van der Waals surface area (Å²) in [4.78, 5) is 12.6. The van der Waals surface area contributed by atoms with Gasteiger partial charge in [-0.1, -0.05) is 13.8 Å². The number of rotatable bonds is 4. The van der Waals surface area contributed by atoms with E-state index in [0.717, 1.165) is 18.8 Å². The van der Waals surface area contributed by atoms with Gasteiger partial charge in [0.1, 0.15) is 0 Å². The van der Waals surface area contributed by atoms with Crippen molar-refractivity contribution in [3.8, 4) is 0 Å². The van der Waals surface area contributed by atoms with Crippen LogP contribution in [0.5, 0.6) is 0 Å². The Kier molecular flexibility index (Phi) is 8.38. The number of piperidine rings is 1. The molecule has 0 spiro atoms. The van der Waals surface area contributed by atoms with Crippen LogP contribution in [0.4, 0.5) is 0 Å². The van der Waals surface area contributed by atoms with Crippen molar-refractivity contribution in [2.24, 2.45) is 5.92 Å². The molecule has 0 aliphatic carbocycles. The number of carbonyl (C=O) groups is 1. The van der Waals surface area contributed by atoms with Gasteiger partial charge in [-0.3, -0.25) is 4.79 Å². The van der Waals surface area contributed by atoms with E-state index < -0.39 is 5.97 Å². The Morgan fingerprint density at radius 1 is 1.33 bits per heavy atom. The fourth-order valence-corrected chi connectivity index (χ4v) is 1.89. The lowest BCUT2D eigenvalue weighted by Crippen LogP contribution is -2.30. The van der Waals surface area contributed by atoms with E-state index in [0.29, 0.717) is 6.42 Å². The summed E-state index contributed by atoms with van der Waals surface area (Å²) in [5, 5.41) is 8.48. The van der Waals surface area contributed by atoms with E-state index in [9.17, 15) is 4.79 Å². The summed E-state index contributed by atoms with van der Waals surface area (Å²) in [5.74, 6) is 0.114. The minimum absolute atomic E-state index is 0.340. The number of nitrogens with zero attached hydrogens (tertiary/aromatic N) is 1. The molecule has 0 saturated carbocycles. The van der Waals surface area contributed by atoms with Crippen molar-refractivity contribution in [2.45, 2.75) is 46.0 Å². The van der Waals surface area contributed by atoms with E-state index >= 15 is 0 Å². The molecule has 1 heterocycles. The molecule has 3 heteroatoms. The van der Waals surface area contributed by atoms with Gasteiger partial charge in [-0.25, -0.2) is 0 Å². The van der Waals surface area contributed by atoms with Crippen molar-refractivity contribution in [2.75, 3.05) is 20.1 Å². The van der Waals surface area contributed by atoms with Crippen molar-refractivity contribution in [1.29, 1.82) is 0 Å². The van der Waals surface area contributed by atoms with Gasteiger partial charge < -0.3 is 10.0 Å². The van der Waals surface area contributed by atoms with Gasteiger partial charge in [0.15, 0.2) is 0 Å². The summed E-state index contributed by atoms with van der Waals surface area (Å²) in [5.41, 5.74) is 0. The third-order valence-corrected chi connectivity index (χ3v) is 2.84. The topological polar surface area (TPSA) is 40.5 Å². The van der Waals surface area contributed by atoms with E-state index in [1.165, 1.54) is 25.9 Å².